The van der Waals surface area contributed by atoms with Gasteiger partial charge in [0.25, 0.3) is 5.24 Å². The van der Waals surface area contributed by atoms with Crippen LogP contribution in [-0.4, -0.2) is 27.5 Å². The first kappa shape index (κ1) is 12.5. The summed E-state index contributed by atoms with van der Waals surface area (Å²) in [5, 5.41) is 2.19. The Balaban J connectivity index is 1.99. The number of thiol groups is 3. The van der Waals surface area contributed by atoms with Crippen LogP contribution in [0, 0.1) is 0 Å². The molecule has 1 atom stereocenters. The zero-order valence-corrected chi connectivity index (χ0v) is 10.6. The summed E-state index contributed by atoms with van der Waals surface area (Å²) in [7, 11) is 0. The molecule has 0 aliphatic heterocycles. The van der Waals surface area contributed by atoms with Gasteiger partial charge < -0.3 is 5.32 Å². The summed E-state index contributed by atoms with van der Waals surface area (Å²) in [6.45, 7) is 0.952. The van der Waals surface area contributed by atoms with E-state index in [4.69, 9.17) is 0 Å². The molecule has 3 nitrogen and oxygen atoms in total. The standard InChI is InChI=1S/C8H16N2OS3/c11-8(13)9-7(12)2-1-5-10(14)6-3-4-6/h6-7,12,14H,1-5H2,(H2,9,11,13). The number of nitrogens with one attached hydrogen (secondary N) is 1. The molecule has 1 unspecified atom stereocenters. The molecule has 14 heavy (non-hydrogen) atoms. The van der Waals surface area contributed by atoms with Gasteiger partial charge in [-0.15, -0.1) is 0 Å². The molecule has 0 spiro atoms. The van der Waals surface area contributed by atoms with Crippen LogP contribution in [0.1, 0.15) is 25.7 Å². The van der Waals surface area contributed by atoms with Crippen molar-refractivity contribution in [1.29, 1.82) is 0 Å². The molecule has 1 aliphatic carbocycles. The summed E-state index contributed by atoms with van der Waals surface area (Å²) in [6.07, 6.45) is 4.36. The molecular formula is C8H16N2OS3. The average molecular weight is 252 g/mol. The zero-order chi connectivity index (χ0) is 10.6. The van der Waals surface area contributed by atoms with Crippen LogP contribution in [-0.2, 0) is 0 Å². The van der Waals surface area contributed by atoms with Gasteiger partial charge in [-0.05, 0) is 25.7 Å². The van der Waals surface area contributed by atoms with E-state index < -0.39 is 0 Å². The van der Waals surface area contributed by atoms with Crippen molar-refractivity contribution < 1.29 is 4.79 Å². The molecular weight excluding hydrogens is 236 g/mol. The molecule has 0 bridgehead atoms. The van der Waals surface area contributed by atoms with Crippen LogP contribution in [0.25, 0.3) is 0 Å². The molecule has 1 rings (SSSR count). The van der Waals surface area contributed by atoms with Gasteiger partial charge >= 0.3 is 0 Å². The van der Waals surface area contributed by atoms with Crippen LogP contribution < -0.4 is 5.32 Å². The molecule has 82 valence electrons. The first-order valence-corrected chi connectivity index (χ1v) is 6.09. The topological polar surface area (TPSA) is 32.3 Å². The minimum Gasteiger partial charge on any atom is -0.336 e. The van der Waals surface area contributed by atoms with Crippen LogP contribution in [0.2, 0.25) is 0 Å². The number of nitrogens with zero attached hydrogens (tertiary/aromatic N) is 1. The molecule has 0 saturated heterocycles. The second kappa shape index (κ2) is 6.15. The predicted molar refractivity (Wildman–Crippen MR) is 68.2 cm³/mol. The van der Waals surface area contributed by atoms with E-state index in [2.05, 4.69) is 47.7 Å². The monoisotopic (exact) mass is 252 g/mol. The molecule has 1 saturated carbocycles. The van der Waals surface area contributed by atoms with E-state index in [0.717, 1.165) is 19.4 Å². The van der Waals surface area contributed by atoms with E-state index in [1.165, 1.54) is 12.8 Å². The molecule has 0 aromatic carbocycles. The first-order chi connectivity index (χ1) is 6.59. The van der Waals surface area contributed by atoms with Crippen molar-refractivity contribution in [3.63, 3.8) is 0 Å². The minimum atomic E-state index is -0.324. The van der Waals surface area contributed by atoms with Gasteiger partial charge in [0.1, 0.15) is 0 Å². The maximum Gasteiger partial charge on any atom is 0.276 e. The van der Waals surface area contributed by atoms with Crippen LogP contribution in [0.3, 0.4) is 0 Å². The Bertz CT molecular complexity index is 199. The van der Waals surface area contributed by atoms with Gasteiger partial charge in [0, 0.05) is 12.6 Å². The lowest BCUT2D eigenvalue weighted by Crippen LogP contribution is -2.27. The van der Waals surface area contributed by atoms with E-state index in [1.807, 2.05) is 0 Å². The van der Waals surface area contributed by atoms with Crippen molar-refractivity contribution in [3.05, 3.63) is 0 Å². The molecule has 1 fully saturated rings. The normalized spacial score (nSPS) is 18.3. The second-order valence-corrected chi connectivity index (χ2v) is 5.05. The van der Waals surface area contributed by atoms with Crippen molar-refractivity contribution >= 4 is 43.3 Å². The van der Waals surface area contributed by atoms with Gasteiger partial charge in [-0.3, -0.25) is 9.10 Å². The number of rotatable bonds is 6. The van der Waals surface area contributed by atoms with Gasteiger partial charge in [-0.2, -0.15) is 12.6 Å². The third-order valence-electron chi connectivity index (χ3n) is 2.12. The summed E-state index contributed by atoms with van der Waals surface area (Å²) in [5.74, 6) is 0. The van der Waals surface area contributed by atoms with Gasteiger partial charge in [0.2, 0.25) is 0 Å². The number of hydrogen-bond acceptors (Lipinski definition) is 4. The highest BCUT2D eigenvalue weighted by molar-refractivity contribution is 7.96. The highest BCUT2D eigenvalue weighted by Crippen LogP contribution is 2.28. The van der Waals surface area contributed by atoms with E-state index in [-0.39, 0.29) is 10.6 Å². The highest BCUT2D eigenvalue weighted by atomic mass is 32.1. The minimum absolute atomic E-state index is 0.0964. The lowest BCUT2D eigenvalue weighted by atomic mass is 10.3. The second-order valence-electron chi connectivity index (χ2n) is 3.50. The van der Waals surface area contributed by atoms with E-state index in [1.54, 1.807) is 0 Å². The van der Waals surface area contributed by atoms with E-state index in [9.17, 15) is 4.79 Å². The summed E-state index contributed by atoms with van der Waals surface area (Å²) < 4.78 is 2.07. The lowest BCUT2D eigenvalue weighted by molar-refractivity contribution is 0.260. The van der Waals surface area contributed by atoms with E-state index in [0.29, 0.717) is 6.04 Å². The van der Waals surface area contributed by atoms with Gasteiger partial charge in [-0.1, -0.05) is 25.4 Å². The van der Waals surface area contributed by atoms with Crippen molar-refractivity contribution in [1.82, 2.24) is 9.62 Å². The Morgan fingerprint density at radius 2 is 2.21 bits per heavy atom. The van der Waals surface area contributed by atoms with Crippen LogP contribution >= 0.6 is 38.1 Å². The van der Waals surface area contributed by atoms with Crippen molar-refractivity contribution in [2.75, 3.05) is 6.54 Å². The SMILES string of the molecule is O=C(S)NC(S)CCCN(S)C1CC1. The molecule has 0 aromatic heterocycles. The fraction of sp³-hybridized carbons (Fsp3) is 0.875. The fourth-order valence-electron chi connectivity index (χ4n) is 1.22. The van der Waals surface area contributed by atoms with Crippen molar-refractivity contribution in [2.24, 2.45) is 0 Å². The largest absolute Gasteiger partial charge is 0.336 e. The summed E-state index contributed by atoms with van der Waals surface area (Å²) in [5.41, 5.74) is 0. The highest BCUT2D eigenvalue weighted by Gasteiger charge is 2.26. The maximum absolute atomic E-state index is 10.5. The summed E-state index contributed by atoms with van der Waals surface area (Å²) >= 11 is 12.2. The maximum atomic E-state index is 10.5. The number of carbonyl (C=O) groups excluding carboxylic acids is 1. The number of amides is 1. The zero-order valence-electron chi connectivity index (χ0n) is 7.89. The Morgan fingerprint density at radius 1 is 1.57 bits per heavy atom. The Kier molecular flexibility index (Phi) is 5.51. The molecule has 6 heteroatoms. The number of hydrogen-bond donors (Lipinski definition) is 4. The third-order valence-corrected chi connectivity index (χ3v) is 3.17. The smallest absolute Gasteiger partial charge is 0.276 e. The first-order valence-electron chi connectivity index (χ1n) is 4.72. The predicted octanol–water partition coefficient (Wildman–Crippen LogP) is 1.97. The molecule has 0 radical (unpaired) electrons. The van der Waals surface area contributed by atoms with Gasteiger partial charge in [0.15, 0.2) is 0 Å². The Labute approximate surface area is 101 Å². The number of carbonyl (C=O) groups is 1. The fourth-order valence-corrected chi connectivity index (χ4v) is 2.15. The molecule has 0 aromatic rings. The molecule has 0 heterocycles. The third kappa shape index (κ3) is 5.38. The average Bonchev–Trinajstić information content (AvgIpc) is 2.84. The van der Waals surface area contributed by atoms with E-state index >= 15 is 0 Å². The molecule has 1 aliphatic rings. The summed E-state index contributed by atoms with van der Waals surface area (Å²) in [6, 6.07) is 0.677. The van der Waals surface area contributed by atoms with Crippen LogP contribution in [0.5, 0.6) is 0 Å². The Hall–Kier alpha value is 0.480. The van der Waals surface area contributed by atoms with Gasteiger partial charge in [-0.25, -0.2) is 0 Å². The molecule has 1 amide bonds. The quantitative estimate of drug-likeness (QED) is 0.430. The Morgan fingerprint density at radius 3 is 2.71 bits per heavy atom. The van der Waals surface area contributed by atoms with Crippen LogP contribution in [0.15, 0.2) is 0 Å². The molecule has 1 N–H and O–H groups in total. The van der Waals surface area contributed by atoms with Gasteiger partial charge in [0.05, 0.1) is 5.37 Å². The van der Waals surface area contributed by atoms with Crippen LogP contribution in [0.4, 0.5) is 4.79 Å². The summed E-state index contributed by atoms with van der Waals surface area (Å²) in [4.78, 5) is 10.5. The lowest BCUT2D eigenvalue weighted by Gasteiger charge is -2.15. The van der Waals surface area contributed by atoms with Crippen molar-refractivity contribution in [2.45, 2.75) is 37.1 Å². The van der Waals surface area contributed by atoms with Crippen molar-refractivity contribution in [3.8, 4) is 0 Å².